The Morgan fingerprint density at radius 3 is 2.41 bits per heavy atom. The molecule has 180 valence electrons. The van der Waals surface area contributed by atoms with Crippen molar-refractivity contribution in [3.63, 3.8) is 0 Å². The first-order valence-corrected chi connectivity index (χ1v) is 13.6. The SMILES string of the molecule is CC1Cc2ccccc2N1S(=O)(=O)c1ccc2c(c1)CCN2C(=O)CCC(=O)N1CCCCC1. The van der Waals surface area contributed by atoms with Crippen LogP contribution in [-0.4, -0.2) is 50.8 Å². The van der Waals surface area contributed by atoms with E-state index in [0.29, 0.717) is 19.4 Å². The summed E-state index contributed by atoms with van der Waals surface area (Å²) in [5, 5.41) is 0. The minimum Gasteiger partial charge on any atom is -0.343 e. The van der Waals surface area contributed by atoms with Crippen LogP contribution in [0.3, 0.4) is 0 Å². The zero-order chi connectivity index (χ0) is 23.9. The van der Waals surface area contributed by atoms with Gasteiger partial charge in [0.05, 0.1) is 10.6 Å². The molecule has 0 saturated carbocycles. The van der Waals surface area contributed by atoms with Gasteiger partial charge in [-0.1, -0.05) is 18.2 Å². The summed E-state index contributed by atoms with van der Waals surface area (Å²) in [6.07, 6.45) is 4.93. The minimum absolute atomic E-state index is 0.0499. The largest absolute Gasteiger partial charge is 0.343 e. The lowest BCUT2D eigenvalue weighted by molar-refractivity contribution is -0.133. The standard InChI is InChI=1S/C26H31N3O4S/c1-19-17-20-7-3-4-8-24(20)29(19)34(32,33)22-9-10-23-21(18-22)13-16-28(23)26(31)12-11-25(30)27-14-5-2-6-15-27/h3-4,7-10,18-19H,2,5-6,11-17H2,1H3. The van der Waals surface area contributed by atoms with E-state index < -0.39 is 10.0 Å². The highest BCUT2D eigenvalue weighted by atomic mass is 32.2. The van der Waals surface area contributed by atoms with E-state index in [2.05, 4.69) is 0 Å². The molecule has 0 aliphatic carbocycles. The van der Waals surface area contributed by atoms with Crippen LogP contribution in [0.15, 0.2) is 47.4 Å². The van der Waals surface area contributed by atoms with Crippen LogP contribution in [0.5, 0.6) is 0 Å². The molecular weight excluding hydrogens is 450 g/mol. The van der Waals surface area contributed by atoms with Crippen LogP contribution < -0.4 is 9.21 Å². The van der Waals surface area contributed by atoms with Gasteiger partial charge in [-0.3, -0.25) is 13.9 Å². The molecular formula is C26H31N3O4S. The van der Waals surface area contributed by atoms with E-state index in [4.69, 9.17) is 0 Å². The third kappa shape index (κ3) is 4.08. The number of anilines is 2. The quantitative estimate of drug-likeness (QED) is 0.655. The maximum atomic E-state index is 13.6. The van der Waals surface area contributed by atoms with Crippen molar-refractivity contribution < 1.29 is 18.0 Å². The Morgan fingerprint density at radius 2 is 1.62 bits per heavy atom. The highest BCUT2D eigenvalue weighted by molar-refractivity contribution is 7.92. The number of piperidine rings is 1. The first-order chi connectivity index (χ1) is 16.4. The third-order valence-electron chi connectivity index (χ3n) is 7.21. The average Bonchev–Trinajstić information content (AvgIpc) is 3.42. The summed E-state index contributed by atoms with van der Waals surface area (Å²) in [6, 6.07) is 12.5. The first kappa shape index (κ1) is 22.9. The lowest BCUT2D eigenvalue weighted by Gasteiger charge is -2.27. The van der Waals surface area contributed by atoms with E-state index in [1.807, 2.05) is 36.1 Å². The van der Waals surface area contributed by atoms with Gasteiger partial charge in [-0.05, 0) is 74.4 Å². The molecule has 1 saturated heterocycles. The fourth-order valence-electron chi connectivity index (χ4n) is 5.46. The van der Waals surface area contributed by atoms with E-state index in [9.17, 15) is 18.0 Å². The summed E-state index contributed by atoms with van der Waals surface area (Å²) in [7, 11) is -3.71. The second kappa shape index (κ2) is 9.06. The Kier molecular flexibility index (Phi) is 6.10. The summed E-state index contributed by atoms with van der Waals surface area (Å²) in [5.74, 6) is -0.0317. The minimum atomic E-state index is -3.71. The maximum absolute atomic E-state index is 13.6. The third-order valence-corrected chi connectivity index (χ3v) is 9.13. The second-order valence-electron chi connectivity index (χ2n) is 9.51. The molecule has 0 aromatic heterocycles. The molecule has 2 aromatic carbocycles. The van der Waals surface area contributed by atoms with Crippen LogP contribution >= 0.6 is 0 Å². The molecule has 7 nitrogen and oxygen atoms in total. The highest BCUT2D eigenvalue weighted by Gasteiger charge is 2.37. The van der Waals surface area contributed by atoms with Gasteiger partial charge in [0.25, 0.3) is 10.0 Å². The summed E-state index contributed by atoms with van der Waals surface area (Å²) >= 11 is 0. The van der Waals surface area contributed by atoms with Gasteiger partial charge in [0, 0.05) is 44.2 Å². The van der Waals surface area contributed by atoms with Crippen LogP contribution in [0.1, 0.15) is 50.2 Å². The number of amides is 2. The number of hydrogen-bond donors (Lipinski definition) is 0. The average molecular weight is 482 g/mol. The Balaban J connectivity index is 1.30. The number of fused-ring (bicyclic) bond motifs is 2. The number of para-hydroxylation sites is 1. The normalized spacial score (nSPS) is 19.8. The summed E-state index contributed by atoms with van der Waals surface area (Å²) in [4.78, 5) is 29.2. The summed E-state index contributed by atoms with van der Waals surface area (Å²) in [6.45, 7) is 4.02. The van der Waals surface area contributed by atoms with Crippen molar-refractivity contribution in [2.24, 2.45) is 0 Å². The van der Waals surface area contributed by atoms with Crippen molar-refractivity contribution in [1.29, 1.82) is 0 Å². The van der Waals surface area contributed by atoms with Crippen molar-refractivity contribution in [1.82, 2.24) is 4.90 Å². The molecule has 3 aliphatic heterocycles. The molecule has 3 heterocycles. The number of rotatable bonds is 5. The molecule has 2 aromatic rings. The Morgan fingerprint density at radius 1 is 0.882 bits per heavy atom. The summed E-state index contributed by atoms with van der Waals surface area (Å²) < 4.78 is 28.6. The van der Waals surface area contributed by atoms with E-state index in [1.54, 1.807) is 23.1 Å². The molecule has 0 radical (unpaired) electrons. The van der Waals surface area contributed by atoms with Crippen molar-refractivity contribution in [2.75, 3.05) is 28.8 Å². The van der Waals surface area contributed by atoms with Crippen LogP contribution in [0.4, 0.5) is 11.4 Å². The van der Waals surface area contributed by atoms with Crippen LogP contribution in [-0.2, 0) is 32.5 Å². The zero-order valence-electron chi connectivity index (χ0n) is 19.6. The van der Waals surface area contributed by atoms with Gasteiger partial charge >= 0.3 is 0 Å². The molecule has 1 atom stereocenters. The lowest BCUT2D eigenvalue weighted by Crippen LogP contribution is -2.37. The smallest absolute Gasteiger partial charge is 0.264 e. The number of benzene rings is 2. The number of nitrogens with zero attached hydrogens (tertiary/aromatic N) is 3. The van der Waals surface area contributed by atoms with E-state index in [0.717, 1.165) is 54.9 Å². The van der Waals surface area contributed by atoms with E-state index in [1.165, 1.54) is 4.31 Å². The molecule has 1 fully saturated rings. The second-order valence-corrected chi connectivity index (χ2v) is 11.3. The molecule has 5 rings (SSSR count). The Hall–Kier alpha value is -2.87. The van der Waals surface area contributed by atoms with Gasteiger partial charge in [0.15, 0.2) is 0 Å². The van der Waals surface area contributed by atoms with Crippen molar-refractivity contribution in [2.45, 2.75) is 62.8 Å². The van der Waals surface area contributed by atoms with Gasteiger partial charge in [-0.2, -0.15) is 0 Å². The molecule has 34 heavy (non-hydrogen) atoms. The molecule has 8 heteroatoms. The predicted molar refractivity (Wildman–Crippen MR) is 131 cm³/mol. The van der Waals surface area contributed by atoms with Crippen LogP contribution in [0.25, 0.3) is 0 Å². The Labute approximate surface area is 201 Å². The van der Waals surface area contributed by atoms with Crippen LogP contribution in [0, 0.1) is 0 Å². The number of carbonyl (C=O) groups is 2. The van der Waals surface area contributed by atoms with Gasteiger partial charge < -0.3 is 9.80 Å². The maximum Gasteiger partial charge on any atom is 0.264 e. The lowest BCUT2D eigenvalue weighted by atomic mass is 10.1. The molecule has 0 spiro atoms. The van der Waals surface area contributed by atoms with Gasteiger partial charge in [-0.25, -0.2) is 8.42 Å². The number of hydrogen-bond acceptors (Lipinski definition) is 4. The number of sulfonamides is 1. The monoisotopic (exact) mass is 481 g/mol. The molecule has 3 aliphatic rings. The van der Waals surface area contributed by atoms with E-state index in [-0.39, 0.29) is 35.6 Å². The Bertz CT molecular complexity index is 1220. The van der Waals surface area contributed by atoms with Crippen molar-refractivity contribution >= 4 is 33.2 Å². The fourth-order valence-corrected chi connectivity index (χ4v) is 7.21. The number of likely N-dealkylation sites (tertiary alicyclic amines) is 1. The molecule has 1 unspecified atom stereocenters. The highest BCUT2D eigenvalue weighted by Crippen LogP contribution is 2.38. The predicted octanol–water partition coefficient (Wildman–Crippen LogP) is 3.51. The van der Waals surface area contributed by atoms with Gasteiger partial charge in [-0.15, -0.1) is 0 Å². The molecule has 0 N–H and O–H groups in total. The molecule has 2 amide bonds. The van der Waals surface area contributed by atoms with Gasteiger partial charge in [0.2, 0.25) is 11.8 Å². The molecule has 0 bridgehead atoms. The topological polar surface area (TPSA) is 78.0 Å². The zero-order valence-corrected chi connectivity index (χ0v) is 20.4. The van der Waals surface area contributed by atoms with Gasteiger partial charge in [0.1, 0.15) is 0 Å². The number of carbonyl (C=O) groups excluding carboxylic acids is 2. The van der Waals surface area contributed by atoms with Crippen molar-refractivity contribution in [3.8, 4) is 0 Å². The fraction of sp³-hybridized carbons (Fsp3) is 0.462. The first-order valence-electron chi connectivity index (χ1n) is 12.2. The van der Waals surface area contributed by atoms with E-state index >= 15 is 0 Å². The van der Waals surface area contributed by atoms with Crippen molar-refractivity contribution in [3.05, 3.63) is 53.6 Å². The van der Waals surface area contributed by atoms with Crippen LogP contribution in [0.2, 0.25) is 0 Å². The summed E-state index contributed by atoms with van der Waals surface area (Å²) in [5.41, 5.74) is 3.39.